The molecule has 0 saturated heterocycles. The SMILES string of the molecule is CC(C)(C)c1c[nH]c(=O)c(CN)c1. The average Bonchev–Trinajstić information content (AvgIpc) is 2.03. The Morgan fingerprint density at radius 1 is 1.46 bits per heavy atom. The summed E-state index contributed by atoms with van der Waals surface area (Å²) >= 11 is 0. The third-order valence-electron chi connectivity index (χ3n) is 2.07. The quantitative estimate of drug-likeness (QED) is 0.680. The summed E-state index contributed by atoms with van der Waals surface area (Å²) in [7, 11) is 0. The number of aromatic nitrogens is 1. The Morgan fingerprint density at radius 2 is 2.08 bits per heavy atom. The molecule has 0 amide bonds. The molecule has 0 fully saturated rings. The zero-order valence-electron chi connectivity index (χ0n) is 8.35. The van der Waals surface area contributed by atoms with Gasteiger partial charge in [-0.15, -0.1) is 0 Å². The van der Waals surface area contributed by atoms with Crippen LogP contribution in [0.4, 0.5) is 0 Å². The summed E-state index contributed by atoms with van der Waals surface area (Å²) in [6, 6.07) is 1.87. The van der Waals surface area contributed by atoms with Gasteiger partial charge in [-0.05, 0) is 17.0 Å². The molecule has 0 radical (unpaired) electrons. The molecule has 13 heavy (non-hydrogen) atoms. The molecule has 3 N–H and O–H groups in total. The van der Waals surface area contributed by atoms with Crippen LogP contribution in [0.2, 0.25) is 0 Å². The lowest BCUT2D eigenvalue weighted by Crippen LogP contribution is -2.20. The van der Waals surface area contributed by atoms with E-state index in [1.54, 1.807) is 6.20 Å². The highest BCUT2D eigenvalue weighted by molar-refractivity contribution is 5.24. The largest absolute Gasteiger partial charge is 0.329 e. The monoisotopic (exact) mass is 180 g/mol. The normalized spacial score (nSPS) is 11.7. The van der Waals surface area contributed by atoms with Crippen LogP contribution in [-0.4, -0.2) is 4.98 Å². The second-order valence-corrected chi connectivity index (χ2v) is 4.20. The van der Waals surface area contributed by atoms with Crippen LogP contribution < -0.4 is 11.3 Å². The predicted molar refractivity (Wildman–Crippen MR) is 53.7 cm³/mol. The lowest BCUT2D eigenvalue weighted by Gasteiger charge is -2.18. The first-order chi connectivity index (χ1) is 5.95. The number of pyridine rings is 1. The van der Waals surface area contributed by atoms with Crippen molar-refractivity contribution in [3.63, 3.8) is 0 Å². The Morgan fingerprint density at radius 3 is 2.54 bits per heavy atom. The van der Waals surface area contributed by atoms with E-state index in [1.165, 1.54) is 0 Å². The molecule has 0 aliphatic rings. The van der Waals surface area contributed by atoms with Gasteiger partial charge < -0.3 is 10.7 Å². The van der Waals surface area contributed by atoms with E-state index < -0.39 is 0 Å². The van der Waals surface area contributed by atoms with E-state index in [0.29, 0.717) is 12.1 Å². The minimum absolute atomic E-state index is 0.0497. The highest BCUT2D eigenvalue weighted by Crippen LogP contribution is 2.20. The summed E-state index contributed by atoms with van der Waals surface area (Å²) in [6.45, 7) is 6.59. The summed E-state index contributed by atoms with van der Waals surface area (Å²) < 4.78 is 0. The van der Waals surface area contributed by atoms with Gasteiger partial charge >= 0.3 is 0 Å². The first-order valence-electron chi connectivity index (χ1n) is 4.37. The molecule has 3 nitrogen and oxygen atoms in total. The lowest BCUT2D eigenvalue weighted by molar-refractivity contribution is 0.585. The van der Waals surface area contributed by atoms with Crippen molar-refractivity contribution in [1.82, 2.24) is 4.98 Å². The molecule has 0 bridgehead atoms. The number of nitrogens with two attached hydrogens (primary N) is 1. The molecule has 0 saturated carbocycles. The number of aromatic amines is 1. The summed E-state index contributed by atoms with van der Waals surface area (Å²) in [5.74, 6) is 0. The first kappa shape index (κ1) is 9.99. The van der Waals surface area contributed by atoms with E-state index in [-0.39, 0.29) is 11.0 Å². The number of H-pyrrole nitrogens is 1. The molecule has 1 aromatic heterocycles. The van der Waals surface area contributed by atoms with Crippen molar-refractivity contribution < 1.29 is 0 Å². The molecule has 0 unspecified atom stereocenters. The minimum atomic E-state index is -0.0875. The van der Waals surface area contributed by atoms with Crippen molar-refractivity contribution in [3.8, 4) is 0 Å². The Balaban J connectivity index is 3.22. The maximum Gasteiger partial charge on any atom is 0.252 e. The Labute approximate surface area is 78.0 Å². The summed E-state index contributed by atoms with van der Waals surface area (Å²) in [6.07, 6.45) is 1.75. The fourth-order valence-corrected chi connectivity index (χ4v) is 1.12. The molecule has 1 aromatic rings. The predicted octanol–water partition coefficient (Wildman–Crippen LogP) is 1.13. The van der Waals surface area contributed by atoms with Gasteiger partial charge in [-0.1, -0.05) is 20.8 Å². The molecule has 1 heterocycles. The molecular weight excluding hydrogens is 164 g/mol. The lowest BCUT2D eigenvalue weighted by atomic mass is 9.87. The van der Waals surface area contributed by atoms with E-state index >= 15 is 0 Å². The van der Waals surface area contributed by atoms with Gasteiger partial charge in [0.05, 0.1) is 0 Å². The zero-order valence-corrected chi connectivity index (χ0v) is 8.35. The van der Waals surface area contributed by atoms with E-state index in [1.807, 2.05) is 6.07 Å². The third-order valence-corrected chi connectivity index (χ3v) is 2.07. The topological polar surface area (TPSA) is 58.9 Å². The van der Waals surface area contributed by atoms with Crippen LogP contribution >= 0.6 is 0 Å². The van der Waals surface area contributed by atoms with E-state index in [0.717, 1.165) is 5.56 Å². The Kier molecular flexibility index (Phi) is 2.57. The summed E-state index contributed by atoms with van der Waals surface area (Å²) in [5.41, 5.74) is 7.16. The van der Waals surface area contributed by atoms with Gasteiger partial charge in [-0.25, -0.2) is 0 Å². The van der Waals surface area contributed by atoms with E-state index in [4.69, 9.17) is 5.73 Å². The average molecular weight is 180 g/mol. The van der Waals surface area contributed by atoms with Crippen molar-refractivity contribution in [1.29, 1.82) is 0 Å². The van der Waals surface area contributed by atoms with Crippen molar-refractivity contribution in [3.05, 3.63) is 33.7 Å². The van der Waals surface area contributed by atoms with Crippen LogP contribution in [-0.2, 0) is 12.0 Å². The summed E-state index contributed by atoms with van der Waals surface area (Å²) in [4.78, 5) is 13.9. The molecule has 3 heteroatoms. The van der Waals surface area contributed by atoms with Gasteiger partial charge in [0.2, 0.25) is 0 Å². The van der Waals surface area contributed by atoms with Gasteiger partial charge in [0.15, 0.2) is 0 Å². The van der Waals surface area contributed by atoms with E-state index in [2.05, 4.69) is 25.8 Å². The molecule has 0 aliphatic carbocycles. The van der Waals surface area contributed by atoms with E-state index in [9.17, 15) is 4.79 Å². The number of nitrogens with one attached hydrogen (secondary N) is 1. The standard InChI is InChI=1S/C10H16N2O/c1-10(2,3)8-4-7(5-11)9(13)12-6-8/h4,6H,5,11H2,1-3H3,(H,12,13). The Bertz CT molecular complexity index is 347. The first-order valence-corrected chi connectivity index (χ1v) is 4.37. The van der Waals surface area contributed by atoms with Crippen molar-refractivity contribution in [2.75, 3.05) is 0 Å². The van der Waals surface area contributed by atoms with Crippen LogP contribution in [0, 0.1) is 0 Å². The third kappa shape index (κ3) is 2.18. The molecule has 72 valence electrons. The van der Waals surface area contributed by atoms with Crippen LogP contribution in [0.3, 0.4) is 0 Å². The minimum Gasteiger partial charge on any atom is -0.329 e. The molecule has 1 rings (SSSR count). The van der Waals surface area contributed by atoms with Gasteiger partial charge in [-0.3, -0.25) is 4.79 Å². The fourth-order valence-electron chi connectivity index (χ4n) is 1.12. The van der Waals surface area contributed by atoms with Crippen LogP contribution in [0.5, 0.6) is 0 Å². The van der Waals surface area contributed by atoms with Crippen molar-refractivity contribution in [2.45, 2.75) is 32.7 Å². The second-order valence-electron chi connectivity index (χ2n) is 4.20. The number of hydrogen-bond donors (Lipinski definition) is 2. The molecule has 0 spiro atoms. The number of hydrogen-bond acceptors (Lipinski definition) is 2. The van der Waals surface area contributed by atoms with Crippen LogP contribution in [0.1, 0.15) is 31.9 Å². The smallest absolute Gasteiger partial charge is 0.252 e. The highest BCUT2D eigenvalue weighted by atomic mass is 16.1. The fraction of sp³-hybridized carbons (Fsp3) is 0.500. The molecular formula is C10H16N2O. The van der Waals surface area contributed by atoms with Crippen LogP contribution in [0.15, 0.2) is 17.1 Å². The summed E-state index contributed by atoms with van der Waals surface area (Å²) in [5, 5.41) is 0. The molecule has 0 atom stereocenters. The van der Waals surface area contributed by atoms with Crippen molar-refractivity contribution >= 4 is 0 Å². The van der Waals surface area contributed by atoms with Crippen molar-refractivity contribution in [2.24, 2.45) is 5.73 Å². The van der Waals surface area contributed by atoms with Crippen LogP contribution in [0.25, 0.3) is 0 Å². The Hall–Kier alpha value is -1.09. The molecule has 0 aromatic carbocycles. The van der Waals surface area contributed by atoms with Gasteiger partial charge in [-0.2, -0.15) is 0 Å². The maximum absolute atomic E-state index is 11.2. The number of rotatable bonds is 1. The van der Waals surface area contributed by atoms with Gasteiger partial charge in [0.25, 0.3) is 5.56 Å². The zero-order chi connectivity index (χ0) is 10.1. The van der Waals surface area contributed by atoms with Gasteiger partial charge in [0, 0.05) is 18.3 Å². The maximum atomic E-state index is 11.2. The molecule has 0 aliphatic heterocycles. The highest BCUT2D eigenvalue weighted by Gasteiger charge is 2.14. The second kappa shape index (κ2) is 3.34. The van der Waals surface area contributed by atoms with Gasteiger partial charge in [0.1, 0.15) is 0 Å².